The highest BCUT2D eigenvalue weighted by molar-refractivity contribution is 5.84. The van der Waals surface area contributed by atoms with Crippen molar-refractivity contribution in [3.8, 4) is 5.75 Å². The highest BCUT2D eigenvalue weighted by atomic mass is 16.6. The average Bonchev–Trinajstić information content (AvgIpc) is 2.16. The van der Waals surface area contributed by atoms with Crippen molar-refractivity contribution >= 4 is 16.7 Å². The fraction of sp³-hybridized carbons (Fsp3) is 0. The predicted octanol–water partition coefficient (Wildman–Crippen LogP) is 1.41. The van der Waals surface area contributed by atoms with Crippen molar-refractivity contribution in [1.82, 2.24) is 0 Å². The Bertz CT molecular complexity index is 601. The molecule has 1 aromatic carbocycles. The lowest BCUT2D eigenvalue weighted by molar-refractivity contribution is -0.384. The van der Waals surface area contributed by atoms with Crippen LogP contribution in [0.1, 0.15) is 0 Å². The van der Waals surface area contributed by atoms with Gasteiger partial charge in [0.1, 0.15) is 11.3 Å². The van der Waals surface area contributed by atoms with E-state index in [1.54, 1.807) is 0 Å². The Kier molecular flexibility index (Phi) is 1.89. The second kappa shape index (κ2) is 3.09. The van der Waals surface area contributed by atoms with E-state index in [2.05, 4.69) is 0 Å². The lowest BCUT2D eigenvalue weighted by Gasteiger charge is -1.98. The third-order valence-corrected chi connectivity index (χ3v) is 1.92. The molecule has 0 saturated carbocycles. The van der Waals surface area contributed by atoms with Gasteiger partial charge in [-0.05, 0) is 6.07 Å². The summed E-state index contributed by atoms with van der Waals surface area (Å²) in [4.78, 5) is 20.7. The van der Waals surface area contributed by atoms with E-state index < -0.39 is 10.5 Å². The number of nitrogens with zero attached hydrogens (tertiary/aromatic N) is 1. The fourth-order valence-corrected chi connectivity index (χ4v) is 1.25. The molecule has 0 fully saturated rings. The molecule has 0 spiro atoms. The zero-order valence-corrected chi connectivity index (χ0v) is 7.34. The lowest BCUT2D eigenvalue weighted by atomic mass is 10.2. The van der Waals surface area contributed by atoms with Gasteiger partial charge in [-0.3, -0.25) is 10.1 Å². The third kappa shape index (κ3) is 1.52. The van der Waals surface area contributed by atoms with Crippen molar-refractivity contribution in [2.24, 2.45) is 0 Å². The summed E-state index contributed by atoms with van der Waals surface area (Å²) in [6, 6.07) is 4.49. The van der Waals surface area contributed by atoms with Gasteiger partial charge in [0, 0.05) is 12.1 Å². The largest absolute Gasteiger partial charge is 0.507 e. The average molecular weight is 207 g/mol. The fourth-order valence-electron chi connectivity index (χ4n) is 1.25. The normalized spacial score (nSPS) is 10.4. The minimum absolute atomic E-state index is 0.116. The number of fused-ring (bicyclic) bond motifs is 1. The molecule has 0 aliphatic rings. The first kappa shape index (κ1) is 9.20. The van der Waals surface area contributed by atoms with E-state index in [0.717, 1.165) is 12.1 Å². The Labute approximate surface area is 82.5 Å². The van der Waals surface area contributed by atoms with Crippen LogP contribution >= 0.6 is 0 Å². The topological polar surface area (TPSA) is 93.6 Å². The van der Waals surface area contributed by atoms with Gasteiger partial charge in [0.2, 0.25) is 0 Å². The maximum Gasteiger partial charge on any atom is 0.339 e. The van der Waals surface area contributed by atoms with Crippen LogP contribution in [0.4, 0.5) is 5.69 Å². The molecule has 0 radical (unpaired) electrons. The zero-order chi connectivity index (χ0) is 11.0. The molecule has 0 aliphatic heterocycles. The molecule has 2 aromatic rings. The van der Waals surface area contributed by atoms with E-state index >= 15 is 0 Å². The van der Waals surface area contributed by atoms with Crippen LogP contribution in [0, 0.1) is 10.1 Å². The minimum Gasteiger partial charge on any atom is -0.507 e. The summed E-state index contributed by atoms with van der Waals surface area (Å²) in [7, 11) is 0. The quantitative estimate of drug-likeness (QED) is 0.433. The maximum absolute atomic E-state index is 10.9. The molecule has 6 heteroatoms. The molecule has 0 bridgehead atoms. The van der Waals surface area contributed by atoms with Gasteiger partial charge in [-0.2, -0.15) is 0 Å². The molecule has 1 N–H and O–H groups in total. The lowest BCUT2D eigenvalue weighted by Crippen LogP contribution is -1.96. The van der Waals surface area contributed by atoms with Gasteiger partial charge in [-0.15, -0.1) is 0 Å². The van der Waals surface area contributed by atoms with Gasteiger partial charge < -0.3 is 9.52 Å². The number of nitro benzene ring substituents is 1. The number of hydrogen-bond donors (Lipinski definition) is 1. The Morgan fingerprint density at radius 3 is 2.73 bits per heavy atom. The van der Waals surface area contributed by atoms with E-state index in [0.29, 0.717) is 0 Å². The molecule has 0 amide bonds. The SMILES string of the molecule is O=c1cc(O)c2cc([N+](=O)[O-])ccc2o1. The Balaban J connectivity index is 2.82. The highest BCUT2D eigenvalue weighted by Gasteiger charge is 2.10. The minimum atomic E-state index is -0.700. The first-order chi connectivity index (χ1) is 7.08. The van der Waals surface area contributed by atoms with Crippen LogP contribution in [0.5, 0.6) is 5.75 Å². The number of hydrogen-bond acceptors (Lipinski definition) is 5. The summed E-state index contributed by atoms with van der Waals surface area (Å²) < 4.78 is 4.74. The summed E-state index contributed by atoms with van der Waals surface area (Å²) in [5, 5.41) is 20.0. The van der Waals surface area contributed by atoms with Crippen LogP contribution in [-0.2, 0) is 0 Å². The Morgan fingerprint density at radius 1 is 1.33 bits per heavy atom. The van der Waals surface area contributed by atoms with Crippen molar-refractivity contribution in [2.45, 2.75) is 0 Å². The van der Waals surface area contributed by atoms with Gasteiger partial charge in [0.25, 0.3) is 5.69 Å². The van der Waals surface area contributed by atoms with Crippen molar-refractivity contribution < 1.29 is 14.4 Å². The summed E-state index contributed by atoms with van der Waals surface area (Å²) in [6.45, 7) is 0. The molecule has 2 rings (SSSR count). The molecule has 15 heavy (non-hydrogen) atoms. The Hall–Kier alpha value is -2.37. The molecule has 76 valence electrons. The Morgan fingerprint density at radius 2 is 2.07 bits per heavy atom. The second-order valence-electron chi connectivity index (χ2n) is 2.89. The number of nitro groups is 1. The van der Waals surface area contributed by atoms with E-state index in [1.165, 1.54) is 12.1 Å². The van der Waals surface area contributed by atoms with Crippen LogP contribution in [0.2, 0.25) is 0 Å². The molecular formula is C9H5NO5. The molecule has 6 nitrogen and oxygen atoms in total. The molecular weight excluding hydrogens is 202 g/mol. The number of benzene rings is 1. The highest BCUT2D eigenvalue weighted by Crippen LogP contribution is 2.26. The molecule has 0 unspecified atom stereocenters. The predicted molar refractivity (Wildman–Crippen MR) is 50.8 cm³/mol. The molecule has 1 heterocycles. The summed E-state index contributed by atoms with van der Waals surface area (Å²) >= 11 is 0. The van der Waals surface area contributed by atoms with E-state index in [-0.39, 0.29) is 22.4 Å². The van der Waals surface area contributed by atoms with Crippen LogP contribution in [0.25, 0.3) is 11.0 Å². The first-order valence-corrected chi connectivity index (χ1v) is 3.99. The van der Waals surface area contributed by atoms with Crippen LogP contribution in [-0.4, -0.2) is 10.0 Å². The number of rotatable bonds is 1. The standard InChI is InChI=1S/C9H5NO5/c11-7-4-9(12)15-8-2-1-5(10(13)14)3-6(7)8/h1-4,11H. The molecule has 0 atom stereocenters. The van der Waals surface area contributed by atoms with Crippen molar-refractivity contribution in [2.75, 3.05) is 0 Å². The zero-order valence-electron chi connectivity index (χ0n) is 7.34. The molecule has 1 aromatic heterocycles. The monoisotopic (exact) mass is 207 g/mol. The van der Waals surface area contributed by atoms with Crippen molar-refractivity contribution in [1.29, 1.82) is 0 Å². The first-order valence-electron chi connectivity index (χ1n) is 3.99. The van der Waals surface area contributed by atoms with E-state index in [9.17, 15) is 20.0 Å². The van der Waals surface area contributed by atoms with E-state index in [4.69, 9.17) is 4.42 Å². The van der Waals surface area contributed by atoms with Gasteiger partial charge in [0.15, 0.2) is 0 Å². The molecule has 0 saturated heterocycles. The van der Waals surface area contributed by atoms with Crippen LogP contribution in [0.15, 0.2) is 33.5 Å². The van der Waals surface area contributed by atoms with E-state index in [1.807, 2.05) is 0 Å². The van der Waals surface area contributed by atoms with Gasteiger partial charge in [-0.25, -0.2) is 4.79 Å². The summed E-state index contributed by atoms with van der Waals surface area (Å²) in [6.07, 6.45) is 0. The second-order valence-corrected chi connectivity index (χ2v) is 2.89. The third-order valence-electron chi connectivity index (χ3n) is 1.92. The van der Waals surface area contributed by atoms with Crippen molar-refractivity contribution in [3.63, 3.8) is 0 Å². The smallest absolute Gasteiger partial charge is 0.339 e. The molecule has 0 aliphatic carbocycles. The van der Waals surface area contributed by atoms with Gasteiger partial charge in [-0.1, -0.05) is 0 Å². The van der Waals surface area contributed by atoms with Crippen LogP contribution < -0.4 is 5.63 Å². The summed E-state index contributed by atoms with van der Waals surface area (Å²) in [5.74, 6) is -0.329. The summed E-state index contributed by atoms with van der Waals surface area (Å²) in [5.41, 5.74) is -0.758. The van der Waals surface area contributed by atoms with Crippen molar-refractivity contribution in [3.05, 3.63) is 44.8 Å². The number of aromatic hydroxyl groups is 1. The van der Waals surface area contributed by atoms with Crippen LogP contribution in [0.3, 0.4) is 0 Å². The number of non-ortho nitro benzene ring substituents is 1. The van der Waals surface area contributed by atoms with Gasteiger partial charge >= 0.3 is 5.63 Å². The van der Waals surface area contributed by atoms with Gasteiger partial charge in [0.05, 0.1) is 16.4 Å². The maximum atomic E-state index is 10.9.